The number of aromatic nitrogens is 16. The first-order valence-corrected chi connectivity index (χ1v) is 45.7. The van der Waals surface area contributed by atoms with Gasteiger partial charge in [0.1, 0.15) is 0 Å². The first-order chi connectivity index (χ1) is 61.5. The minimum atomic E-state index is -0.339. The number of hydrogen-bond donors (Lipinski definition) is 0. The van der Waals surface area contributed by atoms with E-state index in [1.54, 1.807) is 86.3 Å². The van der Waals surface area contributed by atoms with E-state index >= 15 is 0 Å². The molecule has 666 valence electrons. The molecule has 0 spiro atoms. The van der Waals surface area contributed by atoms with Crippen molar-refractivity contribution in [2.45, 2.75) is 139 Å². The van der Waals surface area contributed by atoms with Crippen LogP contribution in [0.4, 0.5) is 0 Å². The lowest BCUT2D eigenvalue weighted by molar-refractivity contribution is 0.112. The maximum Gasteiger partial charge on any atom is 0.269 e. The highest BCUT2D eigenvalue weighted by Gasteiger charge is 2.34. The zero-order chi connectivity index (χ0) is 94.3. The first-order valence-electron chi connectivity index (χ1n) is 40.0. The Morgan fingerprint density at radius 1 is 0.369 bits per heavy atom. The van der Waals surface area contributed by atoms with Crippen molar-refractivity contribution in [1.82, 2.24) is 79.9 Å². The van der Waals surface area contributed by atoms with Crippen molar-refractivity contribution in [1.29, 1.82) is 0 Å². The van der Waals surface area contributed by atoms with Crippen molar-refractivity contribution in [2.75, 3.05) is 5.34 Å². The molecule has 0 atom stereocenters. The standard InChI is InChI=1S/C25H22Cl2N4O.C24H20Br2Cl2N4O.C24H20Cl2N4O.C23H20Cl2N4O2.CH2Cl2/c1-6-7-18-21(23-28-29-24(32-23)25(3,4)5)30-31(20-13-12-17(26)14-19(20)27)22(18)16-10-8-15(2)9-11-16;1-13-5-7-14(8-6-13)21-16(12-19(25)26)20(22-29-30-23(33-22)24(2,3)4)31-32(21)18-10-9-15(27)11-17(18)28;1-6-17-20(22-27-28-23(31-22)24(3,4)5)29-30(19-12-11-16(25)13-18(19)26)21(17)15-9-7-14(2)8-10-15;1-13-5-7-14(8-6-13)20-16(12-30)19(21-26-27-22(31-21)23(2,3)4)28-29(20)18-10-9-15(24)11-17(18)25;2-1-3/h8-14H,1-5H3;5-12H,1-4H3;1,7-13H,2-5H3;5-12H,1-4H3;1H2. The van der Waals surface area contributed by atoms with Crippen molar-refractivity contribution < 1.29 is 22.5 Å². The lowest BCUT2D eigenvalue weighted by Crippen LogP contribution is -2.11. The number of benzene rings is 8. The zero-order valence-electron chi connectivity index (χ0n) is 73.3. The lowest BCUT2D eigenvalue weighted by atomic mass is 9.97. The Balaban J connectivity index is 0.000000155. The van der Waals surface area contributed by atoms with E-state index in [0.717, 1.165) is 71.1 Å². The maximum atomic E-state index is 12.3. The molecular weight excluding hydrogens is 1980 g/mol. The second-order valence-corrected chi connectivity index (χ2v) is 40.6. The number of aryl methyl sites for hydroxylation is 4. The smallest absolute Gasteiger partial charge is 0.269 e. The molecule has 0 amide bonds. The molecule has 21 nitrogen and oxygen atoms in total. The van der Waals surface area contributed by atoms with Gasteiger partial charge in [0.2, 0.25) is 23.6 Å². The second-order valence-electron chi connectivity index (χ2n) is 33.7. The Morgan fingerprint density at radius 3 is 0.869 bits per heavy atom. The summed E-state index contributed by atoms with van der Waals surface area (Å²) in [5.74, 6) is 12.0. The van der Waals surface area contributed by atoms with E-state index < -0.39 is 0 Å². The molecule has 130 heavy (non-hydrogen) atoms. The highest BCUT2D eigenvalue weighted by atomic mass is 79.9. The molecule has 8 heterocycles. The van der Waals surface area contributed by atoms with Crippen LogP contribution in [0.25, 0.3) is 120 Å². The fraction of sp³-hybridized carbons (Fsp3) is 0.227. The Hall–Kier alpha value is -10.5. The number of alkyl halides is 2. The van der Waals surface area contributed by atoms with Crippen LogP contribution in [0.2, 0.25) is 40.2 Å². The van der Waals surface area contributed by atoms with Crippen molar-refractivity contribution in [3.05, 3.63) is 282 Å². The fourth-order valence-electron chi connectivity index (χ4n) is 12.8. The molecule has 0 aliphatic heterocycles. The molecule has 0 bridgehead atoms. The summed E-state index contributed by atoms with van der Waals surface area (Å²) in [4.78, 5) is 12.3. The van der Waals surface area contributed by atoms with Crippen LogP contribution in [-0.2, 0) is 21.7 Å². The van der Waals surface area contributed by atoms with Crippen LogP contribution in [0, 0.1) is 51.9 Å². The predicted octanol–water partition coefficient (Wildman–Crippen LogP) is 29.7. The van der Waals surface area contributed by atoms with Crippen molar-refractivity contribution >= 4 is 160 Å². The molecule has 8 aromatic carbocycles. The Morgan fingerprint density at radius 2 is 0.615 bits per heavy atom. The Bertz CT molecular complexity index is 6960. The molecule has 0 saturated heterocycles. The van der Waals surface area contributed by atoms with Crippen LogP contribution in [0.1, 0.15) is 163 Å². The lowest BCUT2D eigenvalue weighted by Gasteiger charge is -2.11. The fourth-order valence-corrected chi connectivity index (χ4v) is 15.2. The molecule has 0 radical (unpaired) electrons. The number of terminal acetylenes is 1. The van der Waals surface area contributed by atoms with E-state index in [4.69, 9.17) is 155 Å². The van der Waals surface area contributed by atoms with Gasteiger partial charge in [-0.25, -0.2) is 18.7 Å². The number of hydrogen-bond acceptors (Lipinski definition) is 17. The number of nitrogens with zero attached hydrogens (tertiary/aromatic N) is 16. The van der Waals surface area contributed by atoms with E-state index in [9.17, 15) is 4.79 Å². The number of rotatable bonds is 14. The van der Waals surface area contributed by atoms with Crippen molar-refractivity contribution in [3.8, 4) is 138 Å². The molecule has 0 aliphatic carbocycles. The van der Waals surface area contributed by atoms with Gasteiger partial charge in [0.05, 0.1) is 91.0 Å². The summed E-state index contributed by atoms with van der Waals surface area (Å²) in [5, 5.41) is 57.0. The minimum absolute atomic E-state index is 0.171. The van der Waals surface area contributed by atoms with Crippen LogP contribution in [0.5, 0.6) is 0 Å². The highest BCUT2D eigenvalue weighted by Crippen LogP contribution is 2.44. The third kappa shape index (κ3) is 22.8. The summed E-state index contributed by atoms with van der Waals surface area (Å²) in [6.07, 6.45) is 8.62. The number of halogens is 12. The van der Waals surface area contributed by atoms with E-state index in [0.29, 0.717) is 149 Å². The molecule has 8 aromatic heterocycles. The summed E-state index contributed by atoms with van der Waals surface area (Å²) in [7, 11) is 0. The van der Waals surface area contributed by atoms with Crippen molar-refractivity contribution in [3.63, 3.8) is 0 Å². The number of carbonyl (C=O) groups is 1. The van der Waals surface area contributed by atoms with Crippen LogP contribution in [0.15, 0.2) is 191 Å². The van der Waals surface area contributed by atoms with E-state index in [1.807, 2.05) is 214 Å². The first kappa shape index (κ1) is 98.6. The average molecular weight is 2070 g/mol. The van der Waals surface area contributed by atoms with Gasteiger partial charge in [-0.1, -0.05) is 307 Å². The van der Waals surface area contributed by atoms with Gasteiger partial charge in [-0.15, -0.1) is 76.3 Å². The van der Waals surface area contributed by atoms with E-state index in [-0.39, 0.29) is 38.8 Å². The van der Waals surface area contributed by atoms with Gasteiger partial charge < -0.3 is 17.7 Å². The Labute approximate surface area is 819 Å². The molecular formula is C97H84Br2Cl10N16O5. The van der Waals surface area contributed by atoms with Gasteiger partial charge in [0.25, 0.3) is 23.6 Å². The molecule has 0 unspecified atom stereocenters. The van der Waals surface area contributed by atoms with Gasteiger partial charge in [0.15, 0.2) is 29.1 Å². The van der Waals surface area contributed by atoms with E-state index in [2.05, 4.69) is 108 Å². The van der Waals surface area contributed by atoms with Gasteiger partial charge in [-0.05, 0) is 145 Å². The normalized spacial score (nSPS) is 11.4. The molecule has 16 rings (SSSR count). The summed E-state index contributed by atoms with van der Waals surface area (Å²) >= 11 is 67.1. The maximum absolute atomic E-state index is 12.3. The number of carbonyl (C=O) groups excluding carboxylic acids is 1. The molecule has 0 saturated carbocycles. The van der Waals surface area contributed by atoms with Gasteiger partial charge >= 0.3 is 0 Å². The summed E-state index contributed by atoms with van der Waals surface area (Å²) < 4.78 is 31.5. The summed E-state index contributed by atoms with van der Waals surface area (Å²) in [6, 6.07) is 53.1. The van der Waals surface area contributed by atoms with Gasteiger partial charge in [-0.2, -0.15) is 20.4 Å². The van der Waals surface area contributed by atoms with Crippen LogP contribution in [0.3, 0.4) is 0 Å². The van der Waals surface area contributed by atoms with Crippen LogP contribution >= 0.6 is 148 Å². The quantitative estimate of drug-likeness (QED) is 0.0558. The Kier molecular flexibility index (Phi) is 31.5. The zero-order valence-corrected chi connectivity index (χ0v) is 84.1. The minimum Gasteiger partial charge on any atom is -0.419 e. The highest BCUT2D eigenvalue weighted by molar-refractivity contribution is 9.28. The molecule has 0 N–H and O–H groups in total. The van der Waals surface area contributed by atoms with Crippen LogP contribution < -0.4 is 0 Å². The third-order valence-electron chi connectivity index (χ3n) is 19.3. The molecule has 0 fully saturated rings. The molecule has 0 aliphatic rings. The van der Waals surface area contributed by atoms with E-state index in [1.165, 1.54) is 0 Å². The summed E-state index contributed by atoms with van der Waals surface area (Å²) in [6.45, 7) is 33.9. The third-order valence-corrected chi connectivity index (χ3v) is 21.9. The van der Waals surface area contributed by atoms with Gasteiger partial charge in [-0.3, -0.25) is 4.79 Å². The monoisotopic (exact) mass is 2060 g/mol. The summed E-state index contributed by atoms with van der Waals surface area (Å²) in [5.41, 5.74) is 16.4. The predicted molar refractivity (Wildman–Crippen MR) is 531 cm³/mol. The number of aldehydes is 1. The average Bonchev–Trinajstić information content (AvgIpc) is 1.62. The van der Waals surface area contributed by atoms with Crippen LogP contribution in [-0.4, -0.2) is 91.5 Å². The van der Waals surface area contributed by atoms with Crippen molar-refractivity contribution in [2.24, 2.45) is 0 Å². The second kappa shape index (κ2) is 41.6. The topological polar surface area (TPSA) is 244 Å². The molecule has 16 aromatic rings. The SMILES string of the molecule is C#Cc1c(-c2nnc(C(C)(C)C)o2)nn(-c2ccc(Cl)cc2Cl)c1-c1ccc(C)cc1.CC#Cc1c(-c2nnc(C(C)(C)C)o2)nn(-c2ccc(Cl)cc2Cl)c1-c1ccc(C)cc1.Cc1ccc(-c2c(C=C(Br)Br)c(-c3nnc(C(C)(C)C)o3)nn2-c2ccc(Cl)cc2Cl)cc1.Cc1ccc(-c2c(C=O)c(-c3nnc(C(C)(C)C)o3)nn2-c2ccc(Cl)cc2Cl)cc1.ClCCl. The van der Waals surface area contributed by atoms with Gasteiger partial charge in [0, 0.05) is 69.6 Å². The molecule has 33 heteroatoms. The largest absolute Gasteiger partial charge is 0.419 e.